The predicted octanol–water partition coefficient (Wildman–Crippen LogP) is 17.2. The van der Waals surface area contributed by atoms with E-state index in [0.29, 0.717) is 152 Å². The van der Waals surface area contributed by atoms with Gasteiger partial charge in [0.1, 0.15) is 37.9 Å². The second kappa shape index (κ2) is 44.1. The number of amides is 8. The number of benzene rings is 10. The molecule has 0 fully saturated rings. The van der Waals surface area contributed by atoms with Gasteiger partial charge in [-0.15, -0.1) is 0 Å². The smallest absolute Gasteiger partial charge is 0.305 e. The second-order valence-corrected chi connectivity index (χ2v) is 37.7. The fourth-order valence-corrected chi connectivity index (χ4v) is 19.7. The number of fused-ring (bicyclic) bond motifs is 16. The molecule has 0 aliphatic carbocycles. The largest absolute Gasteiger partial charge is 0.493 e. The molecule has 8 heterocycles. The van der Waals surface area contributed by atoms with Crippen LogP contribution in [0.2, 0.25) is 0 Å². The first-order chi connectivity index (χ1) is 69.5. The Labute approximate surface area is 834 Å². The molecule has 31 nitrogen and oxygen atoms in total. The molecule has 144 heavy (non-hydrogen) atoms. The molecule has 0 saturated heterocycles. The summed E-state index contributed by atoms with van der Waals surface area (Å²) in [4.78, 5) is 180. The minimum Gasteiger partial charge on any atom is -0.493 e. The highest BCUT2D eigenvalue weighted by atomic mass is 16.5. The minimum atomic E-state index is -0.825. The summed E-state index contributed by atoms with van der Waals surface area (Å²) in [5.74, 6) is -2.21. The molecule has 8 aliphatic heterocycles. The topological polar surface area (TPSA) is 377 Å². The molecule has 0 bridgehead atoms. The van der Waals surface area contributed by atoms with E-state index in [0.717, 1.165) is 75.4 Å². The average Bonchev–Trinajstić information content (AvgIpc) is 1.67. The fourth-order valence-electron chi connectivity index (χ4n) is 19.7. The Bertz CT molecular complexity index is 6860. The van der Waals surface area contributed by atoms with E-state index in [1.165, 1.54) is 34.0 Å². The zero-order chi connectivity index (χ0) is 101. The molecule has 10 aromatic carbocycles. The zero-order valence-electron chi connectivity index (χ0n) is 82.1. The van der Waals surface area contributed by atoms with Crippen LogP contribution in [0.1, 0.15) is 201 Å². The highest BCUT2D eigenvalue weighted by molar-refractivity contribution is 6.18. The third-order valence-electron chi connectivity index (χ3n) is 27.4. The quantitative estimate of drug-likeness (QED) is 0.0209. The number of aliphatic imine (C=N–C) groups is 3. The third-order valence-corrected chi connectivity index (χ3v) is 27.4. The molecule has 4 N–H and O–H groups in total. The van der Waals surface area contributed by atoms with Gasteiger partial charge in [0.05, 0.1) is 92.4 Å². The Morgan fingerprint density at radius 1 is 0.368 bits per heavy atom. The number of para-hydroxylation sites is 4. The average molecular weight is 1950 g/mol. The van der Waals surface area contributed by atoms with Gasteiger partial charge >= 0.3 is 11.9 Å². The SMILES string of the molecule is COC(=O)CCCCC(=O)N[C@@H](C)C(=O)C[C@@H](C)C(=O)Nc1cc(COc2cc3c(cc2C)C(=O)N2c4ccccc4C[C@H]2C=N3)cc(COc2cc3c(cc2OC)C(=O)N2c4ccccc4C[C@H]2C=N3)c1.COC(=O)CCCCC(=O)N[C@@H](C)C(=O)C[C@@H](C)C(=O)Nc1cc(COc2cc3c(cc2C)C(=O)N2c4ccccc4C[C@H]2CC3)cc(COc2cc3c(cc2OC)C(=O)N2c4ccccc4C[C@H]2C=N3)c1. The summed E-state index contributed by atoms with van der Waals surface area (Å²) >= 11 is 0. The van der Waals surface area contributed by atoms with Gasteiger partial charge in [0.25, 0.3) is 23.6 Å². The standard InChI is InChI=1S/C57H59N5O10.C56H56N6O10/c1-33-20-44-38(18-19-42-25-39-12-6-8-14-47(39)61(42)56(44)67)27-50(33)71-31-36-22-37(24-41(23-36)60-55(66)34(2)21-49(63)35(3)59-53(64)16-10-11-17-54(65)70-5)32-72-52-29-46-45(28-51(52)69-4)57(68)62-43(30-58-46)26-40-13-7-9-15-48(40)62;1-32-18-42-44(57-28-40-23-37-12-6-8-14-46(37)61(40)55(42)67)26-49(32)71-30-35-20-36(22-39(21-35)60-54(66)33(2)19-48(63)34(3)59-52(64)16-10-11-17-53(65)70-5)31-72-51-27-45-43(25-50(51)69-4)56(68)62-41(29-58-45)24-38-13-7-9-15-47(38)62/h6-9,12-15,20,22-24,27-30,34-35,42-43H,10-11,16-19,21,25-26,31-32H2,1-5H3,(H,59,64)(H,60,66);6-9,12-15,18,20-22,25-29,33-34,40-41H,10-11,16-17,19,23-24,30-31H2,1-5H3,(H,59,64)(H,60,66)/t34-,35+,42-,43+;33-,34+,40+,41+/m11/s1. The number of Topliss-reactive ketones (excluding diaryl/α,β-unsaturated/α-hetero) is 2. The van der Waals surface area contributed by atoms with Gasteiger partial charge in [0.2, 0.25) is 23.6 Å². The van der Waals surface area contributed by atoms with Crippen molar-refractivity contribution >= 4 is 141 Å². The number of esters is 2. The number of ether oxygens (including phenoxy) is 8. The van der Waals surface area contributed by atoms with Crippen LogP contribution < -0.4 is 69.3 Å². The number of hydrogen-bond acceptors (Lipinski definition) is 23. The Balaban J connectivity index is 0.000000198. The van der Waals surface area contributed by atoms with E-state index in [1.807, 2.05) is 140 Å². The first-order valence-electron chi connectivity index (χ1n) is 48.7. The monoisotopic (exact) mass is 1950 g/mol. The van der Waals surface area contributed by atoms with Gasteiger partial charge < -0.3 is 64.1 Å². The lowest BCUT2D eigenvalue weighted by atomic mass is 9.98. The van der Waals surface area contributed by atoms with E-state index in [-0.39, 0.29) is 148 Å². The summed E-state index contributed by atoms with van der Waals surface area (Å²) in [5, 5.41) is 11.4. The van der Waals surface area contributed by atoms with Gasteiger partial charge in [0, 0.05) is 152 Å². The van der Waals surface area contributed by atoms with Gasteiger partial charge in [-0.25, -0.2) is 0 Å². The highest BCUT2D eigenvalue weighted by Gasteiger charge is 2.43. The van der Waals surface area contributed by atoms with E-state index in [4.69, 9.17) is 43.4 Å². The molecular formula is C113H115N11O20. The van der Waals surface area contributed by atoms with Crippen LogP contribution in [0.25, 0.3) is 0 Å². The normalized spacial score (nSPS) is 16.8. The summed E-state index contributed by atoms with van der Waals surface area (Å²) in [7, 11) is 5.64. The molecule has 0 unspecified atom stereocenters. The fraction of sp³-hybridized carbons (Fsp3) is 0.336. The molecule has 8 amide bonds. The maximum absolute atomic E-state index is 14.1. The maximum atomic E-state index is 14.1. The van der Waals surface area contributed by atoms with Crippen molar-refractivity contribution in [1.82, 2.24) is 10.6 Å². The van der Waals surface area contributed by atoms with Gasteiger partial charge in [-0.3, -0.25) is 87.2 Å². The maximum Gasteiger partial charge on any atom is 0.305 e. The highest BCUT2D eigenvalue weighted by Crippen LogP contribution is 2.47. The van der Waals surface area contributed by atoms with Gasteiger partial charge in [0.15, 0.2) is 34.6 Å². The lowest BCUT2D eigenvalue weighted by Crippen LogP contribution is -2.39. The molecule has 0 radical (unpaired) electrons. The Kier molecular flexibility index (Phi) is 30.5. The summed E-state index contributed by atoms with van der Waals surface area (Å²) < 4.78 is 46.6. The number of hydrogen-bond donors (Lipinski definition) is 4. The molecule has 0 aromatic heterocycles. The van der Waals surface area contributed by atoms with Crippen LogP contribution in [0.15, 0.2) is 197 Å². The third kappa shape index (κ3) is 22.2. The van der Waals surface area contributed by atoms with Crippen LogP contribution in [0.4, 0.5) is 51.2 Å². The predicted molar refractivity (Wildman–Crippen MR) is 545 cm³/mol. The van der Waals surface area contributed by atoms with Crippen LogP contribution in [-0.4, -0.2) is 154 Å². The summed E-state index contributed by atoms with van der Waals surface area (Å²) in [5.41, 5.74) is 17.4. The van der Waals surface area contributed by atoms with Crippen molar-refractivity contribution in [3.63, 3.8) is 0 Å². The number of nitrogens with one attached hydrogen (secondary N) is 4. The molecule has 10 aromatic rings. The van der Waals surface area contributed by atoms with Gasteiger partial charge in [-0.05, 0) is 225 Å². The van der Waals surface area contributed by atoms with Crippen molar-refractivity contribution in [3.05, 3.63) is 265 Å². The summed E-state index contributed by atoms with van der Waals surface area (Å²) in [6.45, 7) is 10.5. The van der Waals surface area contributed by atoms with Crippen molar-refractivity contribution in [2.75, 3.05) is 58.7 Å². The van der Waals surface area contributed by atoms with E-state index in [1.54, 1.807) is 115 Å². The first-order valence-corrected chi connectivity index (χ1v) is 48.7. The molecule has 31 heteroatoms. The van der Waals surface area contributed by atoms with Gasteiger partial charge in [-0.2, -0.15) is 0 Å². The van der Waals surface area contributed by atoms with Crippen molar-refractivity contribution < 1.29 is 95.4 Å². The Hall–Kier alpha value is -16.0. The van der Waals surface area contributed by atoms with E-state index < -0.39 is 35.7 Å². The second-order valence-electron chi connectivity index (χ2n) is 37.7. The molecule has 0 spiro atoms. The molecule has 8 atom stereocenters. The zero-order valence-corrected chi connectivity index (χ0v) is 82.1. The van der Waals surface area contributed by atoms with Crippen LogP contribution >= 0.6 is 0 Å². The summed E-state index contributed by atoms with van der Waals surface area (Å²) in [6, 6.07) is 54.6. The lowest BCUT2D eigenvalue weighted by molar-refractivity contribution is -0.141. The molecule has 0 saturated carbocycles. The van der Waals surface area contributed by atoms with Crippen molar-refractivity contribution in [3.8, 4) is 34.5 Å². The number of anilines is 6. The van der Waals surface area contributed by atoms with Gasteiger partial charge in [-0.1, -0.05) is 86.6 Å². The van der Waals surface area contributed by atoms with E-state index in [2.05, 4.69) is 36.8 Å². The Morgan fingerprint density at radius 2 is 0.701 bits per heavy atom. The first kappa shape index (κ1) is 99.6. The van der Waals surface area contributed by atoms with Crippen LogP contribution in [0.5, 0.6) is 34.5 Å². The minimum absolute atomic E-state index is 0.00461. The van der Waals surface area contributed by atoms with Crippen molar-refractivity contribution in [2.24, 2.45) is 26.8 Å². The van der Waals surface area contributed by atoms with Crippen LogP contribution in [-0.2, 0) is 106 Å². The summed E-state index contributed by atoms with van der Waals surface area (Å²) in [6.07, 6.45) is 12.1. The van der Waals surface area contributed by atoms with E-state index in [9.17, 15) is 57.5 Å². The van der Waals surface area contributed by atoms with Crippen molar-refractivity contribution in [2.45, 2.75) is 207 Å². The number of nitrogens with zero attached hydrogens (tertiary/aromatic N) is 7. The number of carbonyl (C=O) groups is 12. The van der Waals surface area contributed by atoms with Crippen molar-refractivity contribution in [1.29, 1.82) is 0 Å². The number of carbonyl (C=O) groups excluding carboxylic acids is 12. The van der Waals surface area contributed by atoms with Crippen LogP contribution in [0, 0.1) is 25.7 Å². The molecule has 742 valence electrons. The molecule has 18 rings (SSSR count). The number of methoxy groups -OCH3 is 4. The Morgan fingerprint density at radius 3 is 1.09 bits per heavy atom. The number of rotatable bonds is 36. The number of ketones is 2. The number of unbranched alkanes of at least 4 members (excludes halogenated alkanes) is 2. The molecule has 8 aliphatic rings. The van der Waals surface area contributed by atoms with E-state index >= 15 is 0 Å². The lowest BCUT2D eigenvalue weighted by Gasteiger charge is -2.23. The molecular weight excluding hydrogens is 1830 g/mol. The van der Waals surface area contributed by atoms with Crippen LogP contribution in [0.3, 0.4) is 0 Å². The number of aryl methyl sites for hydroxylation is 3.